The van der Waals surface area contributed by atoms with Crippen molar-refractivity contribution < 1.29 is 9.63 Å². The van der Waals surface area contributed by atoms with Crippen molar-refractivity contribution in [1.29, 1.82) is 0 Å². The van der Waals surface area contributed by atoms with Crippen molar-refractivity contribution in [3.05, 3.63) is 12.3 Å². The molecule has 0 atom stereocenters. The summed E-state index contributed by atoms with van der Waals surface area (Å²) in [4.78, 5) is 17.3. The molecule has 0 aliphatic carbocycles. The lowest BCUT2D eigenvalue weighted by molar-refractivity contribution is -0.104. The minimum absolute atomic E-state index is 0.220. The van der Waals surface area contributed by atoms with Gasteiger partial charge in [-0.15, -0.1) is 0 Å². The van der Waals surface area contributed by atoms with Crippen molar-refractivity contribution >= 4 is 11.8 Å². The Morgan fingerprint density at radius 1 is 1.53 bits per heavy atom. The predicted molar refractivity (Wildman–Crippen MR) is 63.4 cm³/mol. The minimum atomic E-state index is -0.220. The molecule has 6 heteroatoms. The maximum atomic E-state index is 11.9. The number of aromatic nitrogens is 2. The molecule has 1 aromatic heterocycles. The molecule has 17 heavy (non-hydrogen) atoms. The van der Waals surface area contributed by atoms with E-state index in [9.17, 15) is 4.79 Å². The van der Waals surface area contributed by atoms with Crippen LogP contribution in [0.1, 0.15) is 26.2 Å². The number of nitrogens with zero attached hydrogens (tertiary/aromatic N) is 3. The van der Waals surface area contributed by atoms with Crippen LogP contribution in [0.4, 0.5) is 10.6 Å². The summed E-state index contributed by atoms with van der Waals surface area (Å²) in [5.74, 6) is 0.699. The highest BCUT2D eigenvalue weighted by molar-refractivity contribution is 5.87. The van der Waals surface area contributed by atoms with Crippen molar-refractivity contribution in [3.8, 4) is 0 Å². The molecule has 2 amide bonds. The number of rotatable bonds is 2. The third kappa shape index (κ3) is 2.97. The normalized spacial score (nSPS) is 16.6. The van der Waals surface area contributed by atoms with Gasteiger partial charge in [-0.3, -0.25) is 10.2 Å². The number of carbonyl (C=O) groups is 1. The highest BCUT2D eigenvalue weighted by Gasteiger charge is 2.17. The highest BCUT2D eigenvalue weighted by Crippen LogP contribution is 2.11. The molecule has 0 saturated carbocycles. The van der Waals surface area contributed by atoms with Crippen LogP contribution in [-0.2, 0) is 11.4 Å². The predicted octanol–water partition coefficient (Wildman–Crippen LogP) is 1.85. The van der Waals surface area contributed by atoms with Gasteiger partial charge in [0.2, 0.25) is 0 Å². The second kappa shape index (κ2) is 5.67. The topological polar surface area (TPSA) is 59.4 Å². The molecule has 0 spiro atoms. The van der Waals surface area contributed by atoms with Gasteiger partial charge in [-0.05, 0) is 26.2 Å². The van der Waals surface area contributed by atoms with Gasteiger partial charge in [0.05, 0.1) is 19.3 Å². The van der Waals surface area contributed by atoms with Crippen LogP contribution >= 0.6 is 0 Å². The Balaban J connectivity index is 1.95. The maximum Gasteiger partial charge on any atom is 0.346 e. The zero-order chi connectivity index (χ0) is 12.1. The van der Waals surface area contributed by atoms with Crippen LogP contribution in [0.5, 0.6) is 0 Å². The fraction of sp³-hybridized carbons (Fsp3) is 0.636. The third-order valence-corrected chi connectivity index (χ3v) is 2.73. The number of amides is 2. The van der Waals surface area contributed by atoms with Crippen LogP contribution in [0.3, 0.4) is 0 Å². The van der Waals surface area contributed by atoms with E-state index in [1.165, 1.54) is 5.06 Å². The summed E-state index contributed by atoms with van der Waals surface area (Å²) >= 11 is 0. The SMILES string of the molecule is CCn1nccc1NC(=O)N1CCCCCO1. The number of urea groups is 1. The number of nitrogens with one attached hydrogen (secondary N) is 1. The fourth-order valence-corrected chi connectivity index (χ4v) is 1.80. The average molecular weight is 238 g/mol. The van der Waals surface area contributed by atoms with Gasteiger partial charge in [0, 0.05) is 12.6 Å². The van der Waals surface area contributed by atoms with E-state index in [-0.39, 0.29) is 6.03 Å². The third-order valence-electron chi connectivity index (χ3n) is 2.73. The van der Waals surface area contributed by atoms with Crippen molar-refractivity contribution in [2.45, 2.75) is 32.7 Å². The van der Waals surface area contributed by atoms with E-state index in [0.29, 0.717) is 19.0 Å². The Labute approximate surface area is 100 Å². The number of hydrogen-bond acceptors (Lipinski definition) is 3. The van der Waals surface area contributed by atoms with Gasteiger partial charge >= 0.3 is 6.03 Å². The molecule has 1 aromatic rings. The van der Waals surface area contributed by atoms with Crippen LogP contribution in [0, 0.1) is 0 Å². The van der Waals surface area contributed by atoms with E-state index in [0.717, 1.165) is 25.8 Å². The Kier molecular flexibility index (Phi) is 3.98. The summed E-state index contributed by atoms with van der Waals surface area (Å²) in [6.07, 6.45) is 4.77. The summed E-state index contributed by atoms with van der Waals surface area (Å²) in [6, 6.07) is 1.56. The summed E-state index contributed by atoms with van der Waals surface area (Å²) in [5, 5.41) is 8.30. The molecule has 0 radical (unpaired) electrons. The molecule has 1 N–H and O–H groups in total. The summed E-state index contributed by atoms with van der Waals surface area (Å²) < 4.78 is 1.73. The average Bonchev–Trinajstić information content (AvgIpc) is 2.62. The number of carbonyl (C=O) groups excluding carboxylic acids is 1. The maximum absolute atomic E-state index is 11.9. The lowest BCUT2D eigenvalue weighted by atomic mass is 10.2. The zero-order valence-corrected chi connectivity index (χ0v) is 10.1. The van der Waals surface area contributed by atoms with E-state index in [2.05, 4.69) is 10.4 Å². The first-order valence-electron chi connectivity index (χ1n) is 6.04. The molecule has 1 aliphatic rings. The zero-order valence-electron chi connectivity index (χ0n) is 10.1. The van der Waals surface area contributed by atoms with Gasteiger partial charge in [0.15, 0.2) is 0 Å². The molecule has 0 unspecified atom stereocenters. The highest BCUT2D eigenvalue weighted by atomic mass is 16.7. The number of anilines is 1. The van der Waals surface area contributed by atoms with Gasteiger partial charge in [-0.2, -0.15) is 5.10 Å². The minimum Gasteiger partial charge on any atom is -0.291 e. The molecular weight excluding hydrogens is 220 g/mol. The van der Waals surface area contributed by atoms with E-state index in [1.54, 1.807) is 16.9 Å². The summed E-state index contributed by atoms with van der Waals surface area (Å²) in [5.41, 5.74) is 0. The van der Waals surface area contributed by atoms with Crippen LogP contribution in [0.2, 0.25) is 0 Å². The lowest BCUT2D eigenvalue weighted by Crippen LogP contribution is -2.35. The van der Waals surface area contributed by atoms with Crippen LogP contribution in [0.25, 0.3) is 0 Å². The van der Waals surface area contributed by atoms with E-state index in [1.807, 2.05) is 6.92 Å². The molecule has 1 aliphatic heterocycles. The Hall–Kier alpha value is -1.56. The van der Waals surface area contributed by atoms with Crippen LogP contribution in [0.15, 0.2) is 12.3 Å². The molecule has 1 saturated heterocycles. The van der Waals surface area contributed by atoms with Gasteiger partial charge in [-0.1, -0.05) is 0 Å². The molecule has 2 rings (SSSR count). The molecular formula is C11H18N4O2. The fourth-order valence-electron chi connectivity index (χ4n) is 1.80. The Bertz CT molecular complexity index is 369. The Morgan fingerprint density at radius 3 is 3.24 bits per heavy atom. The molecule has 94 valence electrons. The number of hydrogen-bond donors (Lipinski definition) is 1. The monoisotopic (exact) mass is 238 g/mol. The smallest absolute Gasteiger partial charge is 0.291 e. The summed E-state index contributed by atoms with van der Waals surface area (Å²) in [7, 11) is 0. The molecule has 1 fully saturated rings. The quantitative estimate of drug-likeness (QED) is 0.855. The molecule has 0 bridgehead atoms. The van der Waals surface area contributed by atoms with Gasteiger partial charge in [0.25, 0.3) is 0 Å². The van der Waals surface area contributed by atoms with Crippen molar-refractivity contribution in [2.24, 2.45) is 0 Å². The van der Waals surface area contributed by atoms with Crippen molar-refractivity contribution in [3.63, 3.8) is 0 Å². The van der Waals surface area contributed by atoms with Gasteiger partial charge < -0.3 is 0 Å². The number of aryl methyl sites for hydroxylation is 1. The molecule has 0 aromatic carbocycles. The first kappa shape index (κ1) is 11.9. The number of hydroxylamine groups is 2. The Morgan fingerprint density at radius 2 is 2.41 bits per heavy atom. The molecule has 6 nitrogen and oxygen atoms in total. The van der Waals surface area contributed by atoms with Gasteiger partial charge in [0.1, 0.15) is 5.82 Å². The lowest BCUT2D eigenvalue weighted by Gasteiger charge is -2.19. The van der Waals surface area contributed by atoms with Crippen molar-refractivity contribution in [2.75, 3.05) is 18.5 Å². The van der Waals surface area contributed by atoms with E-state index in [4.69, 9.17) is 4.84 Å². The van der Waals surface area contributed by atoms with Crippen LogP contribution in [-0.4, -0.2) is 34.0 Å². The second-order valence-corrected chi connectivity index (χ2v) is 3.96. The van der Waals surface area contributed by atoms with Gasteiger partial charge in [-0.25, -0.2) is 14.5 Å². The molecule has 2 heterocycles. The van der Waals surface area contributed by atoms with Crippen LogP contribution < -0.4 is 5.32 Å². The largest absolute Gasteiger partial charge is 0.346 e. The summed E-state index contributed by atoms with van der Waals surface area (Å²) in [6.45, 7) is 3.96. The van der Waals surface area contributed by atoms with Crippen molar-refractivity contribution in [1.82, 2.24) is 14.8 Å². The first-order chi connectivity index (χ1) is 8.31. The van der Waals surface area contributed by atoms with E-state index < -0.39 is 0 Å². The first-order valence-corrected chi connectivity index (χ1v) is 6.04. The van der Waals surface area contributed by atoms with E-state index >= 15 is 0 Å². The second-order valence-electron chi connectivity index (χ2n) is 3.96. The standard InChI is InChI=1S/C11H18N4O2/c1-2-14-10(6-7-12-14)13-11(16)15-8-4-3-5-9-17-15/h6-7H,2-5,8-9H2,1H3,(H,13,16).